The number of carbonyl (C=O) groups is 1. The monoisotopic (exact) mass is 451 g/mol. The van der Waals surface area contributed by atoms with Crippen LogP contribution in [0.3, 0.4) is 0 Å². The topological polar surface area (TPSA) is 97.6 Å². The van der Waals surface area contributed by atoms with Crippen LogP contribution >= 0.6 is 0 Å². The van der Waals surface area contributed by atoms with E-state index in [1.165, 1.54) is 25.0 Å². The Bertz CT molecular complexity index is 1050. The van der Waals surface area contributed by atoms with Crippen molar-refractivity contribution < 1.29 is 27.4 Å². The van der Waals surface area contributed by atoms with E-state index in [-0.39, 0.29) is 17.2 Å². The molecule has 2 aliphatic rings. The van der Waals surface area contributed by atoms with Crippen molar-refractivity contribution >= 4 is 5.91 Å². The second-order valence-electron chi connectivity index (χ2n) is 8.26. The van der Waals surface area contributed by atoms with Crippen LogP contribution in [0.1, 0.15) is 28.9 Å². The predicted molar refractivity (Wildman–Crippen MR) is 110 cm³/mol. The number of halogens is 3. The zero-order chi connectivity index (χ0) is 23.0. The van der Waals surface area contributed by atoms with Crippen LogP contribution in [-0.4, -0.2) is 54.7 Å². The zero-order valence-electron chi connectivity index (χ0n) is 17.4. The summed E-state index contributed by atoms with van der Waals surface area (Å²) in [5, 5.41) is 0. The molecule has 1 saturated heterocycles. The summed E-state index contributed by atoms with van der Waals surface area (Å²) in [5.41, 5.74) is 1.98. The van der Waals surface area contributed by atoms with E-state index in [1.807, 2.05) is 0 Å². The predicted octanol–water partition coefficient (Wildman–Crippen LogP) is 2.65. The molecule has 0 bridgehead atoms. The van der Waals surface area contributed by atoms with Crippen LogP contribution in [0.15, 0.2) is 35.1 Å². The first kappa shape index (κ1) is 22.3. The molecule has 3 N–H and O–H groups in total. The quantitative estimate of drug-likeness (QED) is 0.704. The highest BCUT2D eigenvalue weighted by Crippen LogP contribution is 2.37. The largest absolute Gasteiger partial charge is 0.492 e. The van der Waals surface area contributed by atoms with Crippen LogP contribution in [-0.2, 0) is 10.9 Å². The second-order valence-corrected chi connectivity index (χ2v) is 8.26. The molecule has 0 unspecified atom stereocenters. The Hall–Kier alpha value is -2.85. The van der Waals surface area contributed by atoms with E-state index in [0.29, 0.717) is 30.9 Å². The number of benzene rings is 1. The smallest absolute Gasteiger partial charge is 0.431 e. The van der Waals surface area contributed by atoms with Gasteiger partial charge in [0, 0.05) is 11.6 Å². The number of primary amides is 1. The molecule has 2 fully saturated rings. The van der Waals surface area contributed by atoms with Crippen molar-refractivity contribution in [3.05, 3.63) is 51.9 Å². The third-order valence-corrected chi connectivity index (χ3v) is 6.06. The summed E-state index contributed by atoms with van der Waals surface area (Å²) < 4.78 is 51.9. The van der Waals surface area contributed by atoms with Gasteiger partial charge in [-0.1, -0.05) is 12.1 Å². The van der Waals surface area contributed by atoms with E-state index >= 15 is 0 Å². The number of rotatable bonds is 6. The van der Waals surface area contributed by atoms with Gasteiger partial charge in [-0.2, -0.15) is 13.2 Å². The lowest BCUT2D eigenvalue weighted by molar-refractivity contribution is -0.140. The maximum absolute atomic E-state index is 13.5. The van der Waals surface area contributed by atoms with E-state index < -0.39 is 28.9 Å². The van der Waals surface area contributed by atoms with Gasteiger partial charge >= 0.3 is 6.18 Å². The summed E-state index contributed by atoms with van der Waals surface area (Å²) in [4.78, 5) is 27.3. The number of aromatic amines is 1. The van der Waals surface area contributed by atoms with Crippen molar-refractivity contribution in [2.75, 3.05) is 26.9 Å². The van der Waals surface area contributed by atoms with E-state index in [1.54, 1.807) is 17.1 Å². The number of morpholine rings is 1. The van der Waals surface area contributed by atoms with Crippen LogP contribution in [0.4, 0.5) is 13.2 Å². The molecular formula is C22H24F3N3O4. The number of nitrogens with one attached hydrogen (secondary N) is 1. The molecule has 2 aromatic rings. The molecule has 1 aliphatic heterocycles. The van der Waals surface area contributed by atoms with Crippen molar-refractivity contribution in [3.63, 3.8) is 0 Å². The number of ether oxygens (including phenoxy) is 2. The summed E-state index contributed by atoms with van der Waals surface area (Å²) in [6.45, 7) is 1.66. The fraction of sp³-hybridized carbons (Fsp3) is 0.455. The van der Waals surface area contributed by atoms with Gasteiger partial charge in [0.1, 0.15) is 23.6 Å². The first-order valence-corrected chi connectivity index (χ1v) is 10.3. The number of likely N-dealkylation sites (N-methyl/N-ethyl adjacent to an activating group) is 1. The number of H-pyrrole nitrogens is 1. The highest BCUT2D eigenvalue weighted by molar-refractivity contribution is 5.94. The Morgan fingerprint density at radius 2 is 1.94 bits per heavy atom. The first-order valence-electron chi connectivity index (χ1n) is 10.3. The van der Waals surface area contributed by atoms with Crippen LogP contribution in [0.25, 0.3) is 11.1 Å². The fourth-order valence-corrected chi connectivity index (χ4v) is 4.03. The standard InChI is InChI=1S/C22H24F3N3O4/c1-28-14(9-31-11-18(28)13-2-3-13)10-32-15-6-4-12(5-7-15)16-8-17(20(26)29)21(30)27-19(16)22(23,24)25/h4-8,13-14,18H,2-3,9-11H2,1H3,(H2,26,29)(H,27,30)/t14-,18-/m1/s1. The molecule has 10 heteroatoms. The van der Waals surface area contributed by atoms with E-state index in [0.717, 1.165) is 12.7 Å². The summed E-state index contributed by atoms with van der Waals surface area (Å²) in [6, 6.07) is 7.32. The van der Waals surface area contributed by atoms with Gasteiger partial charge in [0.2, 0.25) is 0 Å². The Kier molecular flexibility index (Phi) is 6.00. The molecule has 2 heterocycles. The molecule has 4 rings (SSSR count). The molecule has 1 amide bonds. The minimum atomic E-state index is -4.82. The van der Waals surface area contributed by atoms with E-state index in [4.69, 9.17) is 15.2 Å². The number of hydrogen-bond donors (Lipinski definition) is 2. The molecule has 1 aromatic heterocycles. The maximum Gasteiger partial charge on any atom is 0.431 e. The minimum absolute atomic E-state index is 0.0863. The lowest BCUT2D eigenvalue weighted by Gasteiger charge is -2.39. The molecule has 172 valence electrons. The summed E-state index contributed by atoms with van der Waals surface area (Å²) >= 11 is 0. The van der Waals surface area contributed by atoms with Crippen LogP contribution in [0.5, 0.6) is 5.75 Å². The minimum Gasteiger partial charge on any atom is -0.492 e. The third-order valence-electron chi connectivity index (χ3n) is 6.06. The van der Waals surface area contributed by atoms with Crippen molar-refractivity contribution in [1.82, 2.24) is 9.88 Å². The number of amides is 1. The molecule has 1 saturated carbocycles. The fourth-order valence-electron chi connectivity index (χ4n) is 4.03. The van der Waals surface area contributed by atoms with Gasteiger partial charge in [-0.05, 0) is 49.6 Å². The Labute approximate surface area is 182 Å². The van der Waals surface area contributed by atoms with Gasteiger partial charge in [-0.25, -0.2) is 0 Å². The lowest BCUT2D eigenvalue weighted by atomic mass is 10.0. The van der Waals surface area contributed by atoms with Gasteiger partial charge in [0.05, 0.1) is 19.3 Å². The SMILES string of the molecule is CN1[C@@H](COc2ccc(-c3cc(C(N)=O)c(=O)[nH]c3C(F)(F)F)cc2)COC[C@@H]1C1CC1. The van der Waals surface area contributed by atoms with Gasteiger partial charge in [-0.3, -0.25) is 14.5 Å². The number of carbonyl (C=O) groups excluding carboxylic acids is 1. The van der Waals surface area contributed by atoms with Gasteiger partial charge < -0.3 is 20.2 Å². The number of nitrogens with zero attached hydrogens (tertiary/aromatic N) is 1. The van der Waals surface area contributed by atoms with E-state index in [2.05, 4.69) is 11.9 Å². The third kappa shape index (κ3) is 4.66. The average molecular weight is 451 g/mol. The Morgan fingerprint density at radius 3 is 2.53 bits per heavy atom. The van der Waals surface area contributed by atoms with Crippen LogP contribution < -0.4 is 16.0 Å². The van der Waals surface area contributed by atoms with Crippen LogP contribution in [0, 0.1) is 5.92 Å². The number of alkyl halides is 3. The molecule has 2 atom stereocenters. The van der Waals surface area contributed by atoms with Crippen molar-refractivity contribution in [2.45, 2.75) is 31.1 Å². The van der Waals surface area contributed by atoms with Gasteiger partial charge in [-0.15, -0.1) is 0 Å². The molecule has 1 aliphatic carbocycles. The van der Waals surface area contributed by atoms with E-state index in [9.17, 15) is 22.8 Å². The molecule has 0 radical (unpaired) electrons. The molecule has 1 aromatic carbocycles. The van der Waals surface area contributed by atoms with Gasteiger partial charge in [0.15, 0.2) is 0 Å². The summed E-state index contributed by atoms with van der Waals surface area (Å²) in [6.07, 6.45) is -2.38. The Balaban J connectivity index is 1.52. The van der Waals surface area contributed by atoms with Crippen molar-refractivity contribution in [2.24, 2.45) is 11.7 Å². The number of pyridine rings is 1. The highest BCUT2D eigenvalue weighted by Gasteiger charge is 2.39. The number of aromatic nitrogens is 1. The number of hydrogen-bond acceptors (Lipinski definition) is 5. The first-order chi connectivity index (χ1) is 15.1. The lowest BCUT2D eigenvalue weighted by Crippen LogP contribution is -2.53. The van der Waals surface area contributed by atoms with Crippen molar-refractivity contribution in [3.8, 4) is 16.9 Å². The normalized spacial score (nSPS) is 22.0. The second kappa shape index (κ2) is 8.59. The van der Waals surface area contributed by atoms with Crippen LogP contribution in [0.2, 0.25) is 0 Å². The van der Waals surface area contributed by atoms with Gasteiger partial charge in [0.25, 0.3) is 11.5 Å². The number of nitrogens with two attached hydrogens (primary N) is 1. The maximum atomic E-state index is 13.5. The summed E-state index contributed by atoms with van der Waals surface area (Å²) in [7, 11) is 2.06. The highest BCUT2D eigenvalue weighted by atomic mass is 19.4. The molecule has 7 nitrogen and oxygen atoms in total. The molecule has 32 heavy (non-hydrogen) atoms. The average Bonchev–Trinajstić information content (AvgIpc) is 3.57. The van der Waals surface area contributed by atoms with Crippen molar-refractivity contribution in [1.29, 1.82) is 0 Å². The zero-order valence-corrected chi connectivity index (χ0v) is 17.4. The molecular weight excluding hydrogens is 427 g/mol. The molecule has 0 spiro atoms. The summed E-state index contributed by atoms with van der Waals surface area (Å²) in [5.74, 6) is 0.0563. The Morgan fingerprint density at radius 1 is 1.25 bits per heavy atom.